The zero-order chi connectivity index (χ0) is 16.3. The van der Waals surface area contributed by atoms with Gasteiger partial charge in [0.05, 0.1) is 16.7 Å². The molecule has 1 N–H and O–H groups in total. The molecule has 9 heteroatoms. The Labute approximate surface area is 127 Å². The van der Waals surface area contributed by atoms with Crippen LogP contribution in [0.5, 0.6) is 0 Å². The minimum absolute atomic E-state index is 0.0703. The second kappa shape index (κ2) is 6.37. The van der Waals surface area contributed by atoms with E-state index in [2.05, 4.69) is 15.5 Å². The lowest BCUT2D eigenvalue weighted by Crippen LogP contribution is -2.30. The third kappa shape index (κ3) is 3.48. The molecule has 0 spiro atoms. The Morgan fingerprint density at radius 1 is 1.45 bits per heavy atom. The summed E-state index contributed by atoms with van der Waals surface area (Å²) in [6, 6.07) is -0.196. The molecule has 0 bridgehead atoms. The van der Waals surface area contributed by atoms with Crippen molar-refractivity contribution in [3.8, 4) is 0 Å². The van der Waals surface area contributed by atoms with Gasteiger partial charge in [-0.05, 0) is 20.8 Å². The first-order valence-corrected chi connectivity index (χ1v) is 6.90. The average Bonchev–Trinajstić information content (AvgIpc) is 3.05. The number of nitrogens with one attached hydrogen (secondary N) is 1. The Morgan fingerprint density at radius 3 is 2.73 bits per heavy atom. The molecule has 0 aliphatic rings. The summed E-state index contributed by atoms with van der Waals surface area (Å²) in [4.78, 5) is 22.0. The van der Waals surface area contributed by atoms with Gasteiger partial charge in [-0.2, -0.15) is 10.2 Å². The van der Waals surface area contributed by atoms with Gasteiger partial charge in [0.25, 0.3) is 0 Å². The zero-order valence-electron chi connectivity index (χ0n) is 12.7. The lowest BCUT2D eigenvalue weighted by Gasteiger charge is -2.13. The van der Waals surface area contributed by atoms with E-state index in [9.17, 15) is 14.9 Å². The van der Waals surface area contributed by atoms with Crippen LogP contribution in [0.15, 0.2) is 18.6 Å². The lowest BCUT2D eigenvalue weighted by molar-refractivity contribution is -0.385. The van der Waals surface area contributed by atoms with Crippen LogP contribution in [-0.2, 0) is 17.9 Å². The fourth-order valence-corrected chi connectivity index (χ4v) is 2.17. The van der Waals surface area contributed by atoms with Crippen molar-refractivity contribution < 1.29 is 9.72 Å². The maximum atomic E-state index is 12.0. The van der Waals surface area contributed by atoms with Crippen LogP contribution >= 0.6 is 0 Å². The monoisotopic (exact) mass is 306 g/mol. The number of aryl methyl sites for hydroxylation is 2. The van der Waals surface area contributed by atoms with Crippen LogP contribution in [0.4, 0.5) is 5.69 Å². The normalized spacial score (nSPS) is 12.1. The van der Waals surface area contributed by atoms with E-state index in [-0.39, 0.29) is 24.2 Å². The summed E-state index contributed by atoms with van der Waals surface area (Å²) in [7, 11) is 0. The number of aromatic nitrogens is 4. The van der Waals surface area contributed by atoms with Crippen molar-refractivity contribution >= 4 is 11.6 Å². The SMILES string of the molecule is CCn1cc([C@@H](C)NC(=O)Cn2cc([N+](=O)[O-])cn2)c(C)n1. The fourth-order valence-electron chi connectivity index (χ4n) is 2.17. The number of nitro groups is 1. The van der Waals surface area contributed by atoms with Crippen molar-refractivity contribution in [2.24, 2.45) is 0 Å². The second-order valence-corrected chi connectivity index (χ2v) is 4.97. The number of carbonyl (C=O) groups excluding carboxylic acids is 1. The van der Waals surface area contributed by atoms with E-state index in [1.807, 2.05) is 31.6 Å². The first kappa shape index (κ1) is 15.7. The van der Waals surface area contributed by atoms with E-state index in [4.69, 9.17) is 0 Å². The molecule has 0 saturated carbocycles. The summed E-state index contributed by atoms with van der Waals surface area (Å²) >= 11 is 0. The number of carbonyl (C=O) groups is 1. The van der Waals surface area contributed by atoms with Gasteiger partial charge < -0.3 is 5.32 Å². The Hall–Kier alpha value is -2.71. The quantitative estimate of drug-likeness (QED) is 0.637. The summed E-state index contributed by atoms with van der Waals surface area (Å²) in [6.45, 7) is 6.44. The van der Waals surface area contributed by atoms with Crippen molar-refractivity contribution in [3.63, 3.8) is 0 Å². The summed E-state index contributed by atoms with van der Waals surface area (Å²) in [5.74, 6) is -0.269. The summed E-state index contributed by atoms with van der Waals surface area (Å²) in [5.41, 5.74) is 1.67. The topological polar surface area (TPSA) is 108 Å². The Kier molecular flexibility index (Phi) is 4.54. The molecule has 0 aliphatic carbocycles. The van der Waals surface area contributed by atoms with E-state index in [1.54, 1.807) is 0 Å². The highest BCUT2D eigenvalue weighted by Crippen LogP contribution is 2.16. The molecular formula is C13H18N6O3. The minimum Gasteiger partial charge on any atom is -0.348 e. The van der Waals surface area contributed by atoms with E-state index in [1.165, 1.54) is 10.9 Å². The van der Waals surface area contributed by atoms with Crippen LogP contribution in [0.1, 0.15) is 31.1 Å². The van der Waals surface area contributed by atoms with E-state index in [0.717, 1.165) is 24.0 Å². The largest absolute Gasteiger partial charge is 0.348 e. The van der Waals surface area contributed by atoms with Crippen molar-refractivity contribution in [1.82, 2.24) is 24.9 Å². The molecule has 2 heterocycles. The summed E-state index contributed by atoms with van der Waals surface area (Å²) in [5, 5.41) is 21.5. The molecule has 1 atom stereocenters. The molecule has 0 fully saturated rings. The molecule has 0 saturated heterocycles. The highest BCUT2D eigenvalue weighted by Gasteiger charge is 2.16. The van der Waals surface area contributed by atoms with Gasteiger partial charge in [0.1, 0.15) is 18.9 Å². The van der Waals surface area contributed by atoms with Crippen molar-refractivity contribution in [2.45, 2.75) is 39.9 Å². The average molecular weight is 306 g/mol. The van der Waals surface area contributed by atoms with Gasteiger partial charge in [0.2, 0.25) is 5.91 Å². The minimum atomic E-state index is -0.549. The Balaban J connectivity index is 1.98. The molecule has 22 heavy (non-hydrogen) atoms. The van der Waals surface area contributed by atoms with Crippen molar-refractivity contribution in [2.75, 3.05) is 0 Å². The molecule has 2 aromatic rings. The van der Waals surface area contributed by atoms with Gasteiger partial charge in [-0.25, -0.2) is 0 Å². The fraction of sp³-hybridized carbons (Fsp3) is 0.462. The first-order valence-electron chi connectivity index (χ1n) is 6.90. The third-order valence-corrected chi connectivity index (χ3v) is 3.29. The van der Waals surface area contributed by atoms with Gasteiger partial charge >= 0.3 is 5.69 Å². The van der Waals surface area contributed by atoms with E-state index in [0.29, 0.717) is 0 Å². The van der Waals surface area contributed by atoms with Gasteiger partial charge in [0.15, 0.2) is 0 Å². The molecule has 2 rings (SSSR count). The number of nitrogens with zero attached hydrogens (tertiary/aromatic N) is 5. The number of rotatable bonds is 6. The van der Waals surface area contributed by atoms with Crippen LogP contribution in [0.3, 0.4) is 0 Å². The van der Waals surface area contributed by atoms with Gasteiger partial charge in [-0.3, -0.25) is 24.3 Å². The van der Waals surface area contributed by atoms with Crippen LogP contribution in [0.25, 0.3) is 0 Å². The maximum absolute atomic E-state index is 12.0. The van der Waals surface area contributed by atoms with Gasteiger partial charge in [-0.1, -0.05) is 0 Å². The predicted octanol–water partition coefficient (Wildman–Crippen LogP) is 1.19. The standard InChI is InChI=1S/C13H18N6O3/c1-4-17-7-12(10(3)16-17)9(2)15-13(20)8-18-6-11(5-14-18)19(21)22/h5-7,9H,4,8H2,1-3H3,(H,15,20)/t9-/m1/s1. The molecular weight excluding hydrogens is 288 g/mol. The summed E-state index contributed by atoms with van der Waals surface area (Å²) in [6.07, 6.45) is 4.25. The molecule has 9 nitrogen and oxygen atoms in total. The van der Waals surface area contributed by atoms with E-state index < -0.39 is 4.92 Å². The van der Waals surface area contributed by atoms with Gasteiger partial charge in [0, 0.05) is 18.3 Å². The molecule has 0 unspecified atom stereocenters. The highest BCUT2D eigenvalue weighted by atomic mass is 16.6. The first-order chi connectivity index (χ1) is 10.4. The molecule has 2 aromatic heterocycles. The van der Waals surface area contributed by atoms with Crippen molar-refractivity contribution in [1.29, 1.82) is 0 Å². The number of hydrogen-bond donors (Lipinski definition) is 1. The predicted molar refractivity (Wildman–Crippen MR) is 78.1 cm³/mol. The highest BCUT2D eigenvalue weighted by molar-refractivity contribution is 5.76. The van der Waals surface area contributed by atoms with Gasteiger partial charge in [-0.15, -0.1) is 0 Å². The molecule has 0 aliphatic heterocycles. The third-order valence-electron chi connectivity index (χ3n) is 3.29. The molecule has 0 radical (unpaired) electrons. The van der Waals surface area contributed by atoms with Crippen LogP contribution < -0.4 is 5.32 Å². The van der Waals surface area contributed by atoms with Crippen LogP contribution in [0.2, 0.25) is 0 Å². The number of hydrogen-bond acceptors (Lipinski definition) is 5. The lowest BCUT2D eigenvalue weighted by atomic mass is 10.1. The zero-order valence-corrected chi connectivity index (χ0v) is 12.7. The Morgan fingerprint density at radius 2 is 2.18 bits per heavy atom. The second-order valence-electron chi connectivity index (χ2n) is 4.97. The summed E-state index contributed by atoms with van der Waals surface area (Å²) < 4.78 is 3.05. The number of amides is 1. The van der Waals surface area contributed by atoms with Crippen LogP contribution in [0, 0.1) is 17.0 Å². The van der Waals surface area contributed by atoms with Crippen molar-refractivity contribution in [3.05, 3.63) is 40.0 Å². The molecule has 118 valence electrons. The van der Waals surface area contributed by atoms with E-state index >= 15 is 0 Å². The molecule has 1 amide bonds. The van der Waals surface area contributed by atoms with Crippen LogP contribution in [-0.4, -0.2) is 30.4 Å². The maximum Gasteiger partial charge on any atom is 0.307 e. The smallest absolute Gasteiger partial charge is 0.307 e. The molecule has 0 aromatic carbocycles. The Bertz CT molecular complexity index is 690.